The van der Waals surface area contributed by atoms with Crippen LogP contribution >= 0.6 is 0 Å². The van der Waals surface area contributed by atoms with Gasteiger partial charge in [0.25, 0.3) is 0 Å². The lowest BCUT2D eigenvalue weighted by Gasteiger charge is -2.31. The molecule has 1 aliphatic heterocycles. The molecule has 0 radical (unpaired) electrons. The Morgan fingerprint density at radius 3 is 2.64 bits per heavy atom. The van der Waals surface area contributed by atoms with Gasteiger partial charge in [0.2, 0.25) is 0 Å². The van der Waals surface area contributed by atoms with Crippen LogP contribution in [0.4, 0.5) is 0 Å². The maximum Gasteiger partial charge on any atom is 0.193 e. The van der Waals surface area contributed by atoms with Crippen molar-refractivity contribution in [3.63, 3.8) is 0 Å². The third-order valence-corrected chi connectivity index (χ3v) is 4.71. The number of pyridine rings is 1. The minimum absolute atomic E-state index is 0.655. The Balaban J connectivity index is 1.52. The van der Waals surface area contributed by atoms with Gasteiger partial charge in [-0.15, -0.1) is 0 Å². The number of nitrogens with zero attached hydrogens (tertiary/aromatic N) is 1. The van der Waals surface area contributed by atoms with Crippen molar-refractivity contribution >= 4 is 0 Å². The summed E-state index contributed by atoms with van der Waals surface area (Å²) in [5.74, 6) is 1.66. The topological polar surface area (TPSA) is 40.3 Å². The molecule has 0 saturated carbocycles. The van der Waals surface area contributed by atoms with Crippen molar-refractivity contribution in [2.45, 2.75) is 20.0 Å². The number of nitrogens with one attached hydrogen (secondary N) is 2. The van der Waals surface area contributed by atoms with E-state index < -0.39 is 0 Å². The van der Waals surface area contributed by atoms with Crippen LogP contribution in [0, 0.1) is 0 Å². The van der Waals surface area contributed by atoms with E-state index >= 15 is 0 Å². The standard InChI is InChI=1S/C20H27N3O2/c1-3-25-20-14-17(7-8-19(20)24-2)15-22-10-12-23(13-11-22)16-18-6-4-5-9-21-18/h4-9,14H,3,10-13,15-16H2,1-2H3/p+2. The van der Waals surface area contributed by atoms with Gasteiger partial charge < -0.3 is 14.4 Å². The molecule has 0 atom stereocenters. The molecule has 2 heterocycles. The number of H-pyrrole nitrogens is 1. The van der Waals surface area contributed by atoms with Gasteiger partial charge in [0.1, 0.15) is 6.54 Å². The molecule has 0 amide bonds. The third-order valence-electron chi connectivity index (χ3n) is 4.71. The van der Waals surface area contributed by atoms with Crippen LogP contribution in [0.2, 0.25) is 0 Å². The SMILES string of the molecule is CCOc1cc(C[NH+]2CCN(Cc3cccc[nH+]3)CC2)ccc1OC. The van der Waals surface area contributed by atoms with Gasteiger partial charge in [0.15, 0.2) is 23.4 Å². The predicted molar refractivity (Wildman–Crippen MR) is 96.8 cm³/mol. The minimum Gasteiger partial charge on any atom is -0.493 e. The molecule has 1 saturated heterocycles. The van der Waals surface area contributed by atoms with E-state index in [1.807, 2.05) is 25.3 Å². The van der Waals surface area contributed by atoms with Crippen molar-refractivity contribution < 1.29 is 19.4 Å². The number of hydrogen-bond acceptors (Lipinski definition) is 3. The molecule has 1 aromatic heterocycles. The van der Waals surface area contributed by atoms with Crippen molar-refractivity contribution in [3.8, 4) is 11.5 Å². The smallest absolute Gasteiger partial charge is 0.193 e. The number of piperazine rings is 1. The Labute approximate surface area is 150 Å². The largest absolute Gasteiger partial charge is 0.493 e. The van der Waals surface area contributed by atoms with Gasteiger partial charge in [-0.25, -0.2) is 4.98 Å². The number of quaternary nitrogens is 1. The average molecular weight is 343 g/mol. The molecule has 0 unspecified atom stereocenters. The van der Waals surface area contributed by atoms with Crippen LogP contribution in [0.5, 0.6) is 11.5 Å². The van der Waals surface area contributed by atoms with Crippen molar-refractivity contribution in [1.82, 2.24) is 4.90 Å². The lowest BCUT2D eigenvalue weighted by atomic mass is 10.1. The van der Waals surface area contributed by atoms with E-state index in [4.69, 9.17) is 9.47 Å². The maximum absolute atomic E-state index is 5.70. The van der Waals surface area contributed by atoms with Crippen LogP contribution in [-0.4, -0.2) is 44.8 Å². The fourth-order valence-corrected chi connectivity index (χ4v) is 3.36. The Morgan fingerprint density at radius 1 is 1.12 bits per heavy atom. The highest BCUT2D eigenvalue weighted by Gasteiger charge is 2.21. The molecule has 1 aromatic carbocycles. The van der Waals surface area contributed by atoms with Gasteiger partial charge in [-0.05, 0) is 25.1 Å². The average Bonchev–Trinajstić information content (AvgIpc) is 2.65. The van der Waals surface area contributed by atoms with Gasteiger partial charge in [-0.1, -0.05) is 6.07 Å². The second kappa shape index (κ2) is 8.83. The summed E-state index contributed by atoms with van der Waals surface area (Å²) in [4.78, 5) is 7.47. The Kier molecular flexibility index (Phi) is 6.25. The van der Waals surface area contributed by atoms with Gasteiger partial charge in [0.05, 0.1) is 33.4 Å². The number of rotatable bonds is 7. The zero-order chi connectivity index (χ0) is 17.5. The van der Waals surface area contributed by atoms with Crippen molar-refractivity contribution in [2.75, 3.05) is 39.9 Å². The van der Waals surface area contributed by atoms with E-state index in [9.17, 15) is 0 Å². The minimum atomic E-state index is 0.655. The molecule has 0 spiro atoms. The Morgan fingerprint density at radius 2 is 1.96 bits per heavy atom. The van der Waals surface area contributed by atoms with E-state index in [0.29, 0.717) is 6.61 Å². The molecule has 134 valence electrons. The molecule has 3 rings (SSSR count). The maximum atomic E-state index is 5.70. The highest BCUT2D eigenvalue weighted by molar-refractivity contribution is 5.42. The summed E-state index contributed by atoms with van der Waals surface area (Å²) in [5.41, 5.74) is 2.59. The first-order valence-electron chi connectivity index (χ1n) is 9.09. The van der Waals surface area contributed by atoms with Gasteiger partial charge in [-0.2, -0.15) is 0 Å². The first-order chi connectivity index (χ1) is 12.3. The first-order valence-corrected chi connectivity index (χ1v) is 9.09. The number of hydrogen-bond donors (Lipinski definition) is 1. The van der Waals surface area contributed by atoms with E-state index in [1.165, 1.54) is 24.3 Å². The van der Waals surface area contributed by atoms with E-state index in [-0.39, 0.29) is 0 Å². The fraction of sp³-hybridized carbons (Fsp3) is 0.450. The predicted octanol–water partition coefficient (Wildman–Crippen LogP) is 0.809. The van der Waals surface area contributed by atoms with Crippen LogP contribution in [0.25, 0.3) is 0 Å². The summed E-state index contributed by atoms with van der Waals surface area (Å²) in [6.45, 7) is 9.30. The third kappa shape index (κ3) is 4.94. The van der Waals surface area contributed by atoms with E-state index in [2.05, 4.69) is 34.1 Å². The first kappa shape index (κ1) is 17.7. The van der Waals surface area contributed by atoms with E-state index in [1.54, 1.807) is 12.0 Å². The molecule has 2 aromatic rings. The number of aromatic nitrogens is 1. The molecular weight excluding hydrogens is 314 g/mol. The molecule has 0 bridgehead atoms. The molecule has 2 N–H and O–H groups in total. The number of aromatic amines is 1. The summed E-state index contributed by atoms with van der Waals surface area (Å²) < 4.78 is 11.1. The normalized spacial score (nSPS) is 15.9. The summed E-state index contributed by atoms with van der Waals surface area (Å²) in [7, 11) is 1.69. The lowest BCUT2D eigenvalue weighted by molar-refractivity contribution is -0.918. The fourth-order valence-electron chi connectivity index (χ4n) is 3.36. The quantitative estimate of drug-likeness (QED) is 0.809. The summed E-state index contributed by atoms with van der Waals surface area (Å²) in [6.07, 6.45) is 2.00. The van der Waals surface area contributed by atoms with Gasteiger partial charge in [-0.3, -0.25) is 4.90 Å². The Hall–Kier alpha value is -2.11. The zero-order valence-electron chi connectivity index (χ0n) is 15.3. The molecule has 25 heavy (non-hydrogen) atoms. The van der Waals surface area contributed by atoms with Crippen molar-refractivity contribution in [3.05, 3.63) is 53.9 Å². The van der Waals surface area contributed by atoms with Crippen LogP contribution in [0.1, 0.15) is 18.2 Å². The van der Waals surface area contributed by atoms with Crippen molar-refractivity contribution in [2.24, 2.45) is 0 Å². The van der Waals surface area contributed by atoms with Crippen LogP contribution in [-0.2, 0) is 13.1 Å². The van der Waals surface area contributed by atoms with Gasteiger partial charge in [0, 0.05) is 30.8 Å². The molecule has 1 fully saturated rings. The van der Waals surface area contributed by atoms with Gasteiger partial charge >= 0.3 is 0 Å². The molecule has 0 aliphatic carbocycles. The summed E-state index contributed by atoms with van der Waals surface area (Å²) >= 11 is 0. The number of ether oxygens (including phenoxy) is 2. The van der Waals surface area contributed by atoms with Crippen LogP contribution < -0.4 is 19.4 Å². The monoisotopic (exact) mass is 343 g/mol. The van der Waals surface area contributed by atoms with E-state index in [0.717, 1.165) is 37.7 Å². The Bertz CT molecular complexity index is 655. The molecule has 1 aliphatic rings. The summed E-state index contributed by atoms with van der Waals surface area (Å²) in [6, 6.07) is 12.6. The number of methoxy groups -OCH3 is 1. The molecular formula is C20H29N3O2+2. The highest BCUT2D eigenvalue weighted by Crippen LogP contribution is 2.27. The van der Waals surface area contributed by atoms with Crippen molar-refractivity contribution in [1.29, 1.82) is 0 Å². The number of benzene rings is 1. The second-order valence-corrected chi connectivity index (χ2v) is 6.51. The van der Waals surface area contributed by atoms with Crippen LogP contribution in [0.3, 0.4) is 0 Å². The van der Waals surface area contributed by atoms with Crippen LogP contribution in [0.15, 0.2) is 42.6 Å². The molecule has 5 heteroatoms. The summed E-state index contributed by atoms with van der Waals surface area (Å²) in [5, 5.41) is 0. The highest BCUT2D eigenvalue weighted by atomic mass is 16.5. The zero-order valence-corrected chi connectivity index (χ0v) is 15.3. The lowest BCUT2D eigenvalue weighted by Crippen LogP contribution is -3.13. The second-order valence-electron chi connectivity index (χ2n) is 6.51. The molecule has 5 nitrogen and oxygen atoms in total.